The van der Waals surface area contributed by atoms with Gasteiger partial charge in [-0.25, -0.2) is 0 Å². The van der Waals surface area contributed by atoms with Gasteiger partial charge in [0.1, 0.15) is 0 Å². The Morgan fingerprint density at radius 2 is 2.18 bits per heavy atom. The molecule has 3 nitrogen and oxygen atoms in total. The first-order valence-corrected chi connectivity index (χ1v) is 5.13. The van der Waals surface area contributed by atoms with E-state index in [-0.39, 0.29) is 6.42 Å². The van der Waals surface area contributed by atoms with E-state index in [2.05, 4.69) is 4.52 Å². The van der Waals surface area contributed by atoms with Crippen molar-refractivity contribution in [2.45, 2.75) is 23.2 Å². The van der Waals surface area contributed by atoms with Crippen molar-refractivity contribution in [1.29, 1.82) is 0 Å². The van der Waals surface area contributed by atoms with Crippen molar-refractivity contribution < 1.29 is 14.0 Å². The third kappa shape index (κ3) is 3.88. The smallest absolute Gasteiger partial charge is 0.133 e. The highest BCUT2D eigenvalue weighted by Crippen LogP contribution is 2.39. The highest BCUT2D eigenvalue weighted by atomic mass is 35.5. The second-order valence-electron chi connectivity index (χ2n) is 1.77. The summed E-state index contributed by atoms with van der Waals surface area (Å²) in [5, 5.41) is -1.47. The number of alkyl halides is 3. The third-order valence-corrected chi connectivity index (χ3v) is 3.12. The summed E-state index contributed by atoms with van der Waals surface area (Å²) in [7, 11) is -2.78. The van der Waals surface area contributed by atoms with E-state index in [0.717, 1.165) is 0 Å². The average molecular weight is 240 g/mol. The maximum absolute atomic E-state index is 10.2. The van der Waals surface area contributed by atoms with Gasteiger partial charge in [-0.2, -0.15) is 0 Å². The van der Waals surface area contributed by atoms with E-state index in [1.807, 2.05) is 0 Å². The zero-order valence-electron chi connectivity index (χ0n) is 5.63. The topological polar surface area (TPSA) is 46.5 Å². The molecule has 0 aromatic rings. The lowest BCUT2D eigenvalue weighted by Gasteiger charge is -2.18. The van der Waals surface area contributed by atoms with Gasteiger partial charge in [-0.05, 0) is 6.42 Å². The highest BCUT2D eigenvalue weighted by Gasteiger charge is 2.42. The van der Waals surface area contributed by atoms with Gasteiger partial charge < -0.3 is 0 Å². The van der Waals surface area contributed by atoms with E-state index in [4.69, 9.17) is 39.7 Å². The van der Waals surface area contributed by atoms with E-state index >= 15 is 0 Å². The van der Waals surface area contributed by atoms with Crippen LogP contribution in [-0.4, -0.2) is 14.8 Å². The third-order valence-electron chi connectivity index (χ3n) is 1.04. The number of hydrogen-bond acceptors (Lipinski definition) is 2. The van der Waals surface area contributed by atoms with Gasteiger partial charge in [0.05, 0.1) is 0 Å². The predicted molar refractivity (Wildman–Crippen MR) is 45.3 cm³/mol. The molecule has 0 fully saturated rings. The van der Waals surface area contributed by atoms with E-state index in [0.29, 0.717) is 0 Å². The largest absolute Gasteiger partial charge is 0.696 e. The summed E-state index contributed by atoms with van der Waals surface area (Å²) in [6.07, 6.45) is 0.244. The van der Waals surface area contributed by atoms with Crippen molar-refractivity contribution in [2.75, 3.05) is 0 Å². The van der Waals surface area contributed by atoms with Gasteiger partial charge in [0, 0.05) is 4.57 Å². The number of rotatable bonds is 4. The van der Waals surface area contributed by atoms with E-state index in [1.54, 1.807) is 6.92 Å². The standard InChI is InChI=1S/C4H6Cl3O3P/c1-2-4(7,3(5)6)10-11(8)9/h3H,2H2,1H3/p+1. The molecule has 0 aliphatic carbocycles. The SMILES string of the molecule is CCC(Cl)(O[P+](=O)O)C(Cl)Cl. The molecule has 2 unspecified atom stereocenters. The van der Waals surface area contributed by atoms with Crippen LogP contribution in [-0.2, 0) is 9.09 Å². The molecule has 0 saturated heterocycles. The van der Waals surface area contributed by atoms with Crippen LogP contribution in [0.5, 0.6) is 0 Å². The van der Waals surface area contributed by atoms with Crippen LogP contribution in [0.15, 0.2) is 0 Å². The minimum atomic E-state index is -2.78. The van der Waals surface area contributed by atoms with Crippen LogP contribution in [0.4, 0.5) is 0 Å². The lowest BCUT2D eigenvalue weighted by atomic mass is 10.3. The van der Waals surface area contributed by atoms with Crippen LogP contribution in [0, 0.1) is 0 Å². The van der Waals surface area contributed by atoms with Crippen LogP contribution in [0.1, 0.15) is 13.3 Å². The Morgan fingerprint density at radius 1 is 1.73 bits per heavy atom. The first-order chi connectivity index (χ1) is 4.92. The second kappa shape index (κ2) is 4.80. The summed E-state index contributed by atoms with van der Waals surface area (Å²) in [6, 6.07) is 0. The van der Waals surface area contributed by atoms with Crippen LogP contribution >= 0.6 is 43.1 Å². The van der Waals surface area contributed by atoms with Gasteiger partial charge in [-0.15, -0.1) is 28.1 Å². The summed E-state index contributed by atoms with van der Waals surface area (Å²) in [6.45, 7) is 1.64. The molecule has 0 heterocycles. The Hall–Kier alpha value is 0.890. The lowest BCUT2D eigenvalue weighted by Crippen LogP contribution is -2.29. The summed E-state index contributed by atoms with van der Waals surface area (Å²) in [4.78, 5) is 7.31. The molecule has 0 aliphatic rings. The molecule has 0 radical (unpaired) electrons. The zero-order valence-corrected chi connectivity index (χ0v) is 8.79. The van der Waals surface area contributed by atoms with E-state index in [1.165, 1.54) is 0 Å². The molecule has 0 aliphatic heterocycles. The van der Waals surface area contributed by atoms with Gasteiger partial charge >= 0.3 is 8.25 Å². The summed E-state index contributed by atoms with van der Waals surface area (Å²) in [5.74, 6) is 0. The fourth-order valence-electron chi connectivity index (χ4n) is 0.389. The normalized spacial score (nSPS) is 18.2. The molecule has 0 aromatic carbocycles. The van der Waals surface area contributed by atoms with Crippen molar-refractivity contribution in [1.82, 2.24) is 0 Å². The fourth-order valence-corrected chi connectivity index (χ4v) is 1.58. The van der Waals surface area contributed by atoms with Gasteiger partial charge in [-0.1, -0.05) is 23.0 Å². The van der Waals surface area contributed by atoms with Crippen LogP contribution < -0.4 is 0 Å². The van der Waals surface area contributed by atoms with Gasteiger partial charge in [-0.3, -0.25) is 0 Å². The monoisotopic (exact) mass is 239 g/mol. The van der Waals surface area contributed by atoms with Crippen LogP contribution in [0.3, 0.4) is 0 Å². The summed E-state index contributed by atoms with van der Waals surface area (Å²) in [5.41, 5.74) is 0. The van der Waals surface area contributed by atoms with Gasteiger partial charge in [0.15, 0.2) is 4.84 Å². The fraction of sp³-hybridized carbons (Fsp3) is 1.00. The van der Waals surface area contributed by atoms with Crippen molar-refractivity contribution >= 4 is 43.1 Å². The van der Waals surface area contributed by atoms with Gasteiger partial charge in [0.25, 0.3) is 0 Å². The molecule has 2 atom stereocenters. The maximum Gasteiger partial charge on any atom is 0.696 e. The molecule has 0 aromatic heterocycles. The first kappa shape index (κ1) is 11.9. The Balaban J connectivity index is 4.22. The van der Waals surface area contributed by atoms with Crippen molar-refractivity contribution in [3.05, 3.63) is 0 Å². The number of halogens is 3. The predicted octanol–water partition coefficient (Wildman–Crippen LogP) is 2.80. The zero-order chi connectivity index (χ0) is 9.07. The van der Waals surface area contributed by atoms with Crippen molar-refractivity contribution in [3.63, 3.8) is 0 Å². The summed E-state index contributed by atoms with van der Waals surface area (Å²) < 4.78 is 14.6. The minimum absolute atomic E-state index is 0.244. The molecule has 0 saturated carbocycles. The van der Waals surface area contributed by atoms with Crippen molar-refractivity contribution in [3.8, 4) is 0 Å². The second-order valence-corrected chi connectivity index (χ2v) is 4.16. The average Bonchev–Trinajstić information content (AvgIpc) is 1.86. The Kier molecular flexibility index (Phi) is 5.19. The quantitative estimate of drug-likeness (QED) is 0.607. The molecular weight excluding hydrogens is 233 g/mol. The molecule has 7 heteroatoms. The van der Waals surface area contributed by atoms with Crippen LogP contribution in [0.25, 0.3) is 0 Å². The summed E-state index contributed by atoms with van der Waals surface area (Å²) >= 11 is 16.4. The molecular formula is C4H7Cl3O3P+. The molecule has 0 spiro atoms. The maximum atomic E-state index is 10.2. The lowest BCUT2D eigenvalue weighted by molar-refractivity contribution is 0.157. The van der Waals surface area contributed by atoms with Crippen molar-refractivity contribution in [2.24, 2.45) is 0 Å². The Morgan fingerprint density at radius 3 is 2.27 bits per heavy atom. The molecule has 66 valence electrons. The molecule has 11 heavy (non-hydrogen) atoms. The van der Waals surface area contributed by atoms with E-state index in [9.17, 15) is 4.57 Å². The molecule has 0 bridgehead atoms. The molecule has 1 N–H and O–H groups in total. The van der Waals surface area contributed by atoms with Gasteiger partial charge in [0.2, 0.25) is 5.06 Å². The number of hydrogen-bond donors (Lipinski definition) is 1. The molecule has 0 rings (SSSR count). The Labute approximate surface area is 80.5 Å². The Bertz CT molecular complexity index is 154. The van der Waals surface area contributed by atoms with Crippen LogP contribution in [0.2, 0.25) is 0 Å². The molecule has 0 amide bonds. The minimum Gasteiger partial charge on any atom is -0.133 e. The first-order valence-electron chi connectivity index (χ1n) is 2.74. The van der Waals surface area contributed by atoms with E-state index < -0.39 is 18.2 Å². The highest BCUT2D eigenvalue weighted by molar-refractivity contribution is 7.32.